The molecule has 1 heterocycles. The zero-order valence-corrected chi connectivity index (χ0v) is 14.4. The van der Waals surface area contributed by atoms with E-state index in [1.807, 2.05) is 36.4 Å². The Bertz CT molecular complexity index is 1000. The van der Waals surface area contributed by atoms with Gasteiger partial charge in [0.25, 0.3) is 0 Å². The normalized spacial score (nSPS) is 10.5. The minimum atomic E-state index is -0.496. The predicted octanol–water partition coefficient (Wildman–Crippen LogP) is 3.88. The van der Waals surface area contributed by atoms with Gasteiger partial charge in [-0.15, -0.1) is 0 Å². The summed E-state index contributed by atoms with van der Waals surface area (Å²) in [5.74, 6) is -0.0368. The number of ether oxygens (including phenoxy) is 2. The molecule has 0 saturated heterocycles. The van der Waals surface area contributed by atoms with Crippen LogP contribution in [-0.2, 0) is 9.53 Å². The predicted molar refractivity (Wildman–Crippen MR) is 99.3 cm³/mol. The Balaban J connectivity index is 1.98. The number of esters is 1. The van der Waals surface area contributed by atoms with E-state index in [0.717, 1.165) is 16.5 Å². The second-order valence-electron chi connectivity index (χ2n) is 5.67. The van der Waals surface area contributed by atoms with Crippen molar-refractivity contribution < 1.29 is 18.7 Å². The lowest BCUT2D eigenvalue weighted by Gasteiger charge is -2.12. The van der Waals surface area contributed by atoms with Gasteiger partial charge in [-0.1, -0.05) is 43.0 Å². The molecule has 5 heteroatoms. The Morgan fingerprint density at radius 3 is 2.69 bits per heavy atom. The number of hydrogen-bond acceptors (Lipinski definition) is 5. The molecule has 0 N–H and O–H groups in total. The standard InChI is InChI=1S/C21H18O5/c1-3-11-24-20(23)13-25-18-10-9-16-17(15-7-5-4-6-8-15)12-19(22)26-21(16)14(18)2/h3-10,12H,1,11,13H2,2H3. The van der Waals surface area contributed by atoms with Crippen LogP contribution in [0.3, 0.4) is 0 Å². The van der Waals surface area contributed by atoms with E-state index in [0.29, 0.717) is 16.9 Å². The summed E-state index contributed by atoms with van der Waals surface area (Å²) in [5, 5.41) is 0.801. The summed E-state index contributed by atoms with van der Waals surface area (Å²) >= 11 is 0. The van der Waals surface area contributed by atoms with Gasteiger partial charge in [0.15, 0.2) is 6.61 Å². The number of fused-ring (bicyclic) bond motifs is 1. The molecule has 0 bridgehead atoms. The molecule has 0 spiro atoms. The number of benzene rings is 2. The van der Waals surface area contributed by atoms with Crippen molar-refractivity contribution in [2.24, 2.45) is 0 Å². The van der Waals surface area contributed by atoms with E-state index >= 15 is 0 Å². The van der Waals surface area contributed by atoms with Crippen molar-refractivity contribution in [1.29, 1.82) is 0 Å². The maximum Gasteiger partial charge on any atom is 0.344 e. The largest absolute Gasteiger partial charge is 0.481 e. The molecule has 0 amide bonds. The summed E-state index contributed by atoms with van der Waals surface area (Å²) in [5.41, 5.74) is 2.35. The monoisotopic (exact) mass is 350 g/mol. The number of carbonyl (C=O) groups is 1. The first-order valence-corrected chi connectivity index (χ1v) is 8.12. The van der Waals surface area contributed by atoms with Gasteiger partial charge in [0.05, 0.1) is 0 Å². The Morgan fingerprint density at radius 2 is 1.96 bits per heavy atom. The van der Waals surface area contributed by atoms with Gasteiger partial charge in [0.1, 0.15) is 17.9 Å². The van der Waals surface area contributed by atoms with E-state index in [9.17, 15) is 9.59 Å². The first kappa shape index (κ1) is 17.5. The molecule has 0 saturated carbocycles. The van der Waals surface area contributed by atoms with Crippen LogP contribution < -0.4 is 10.4 Å². The minimum Gasteiger partial charge on any atom is -0.481 e. The van der Waals surface area contributed by atoms with Crippen LogP contribution >= 0.6 is 0 Å². The van der Waals surface area contributed by atoms with Crippen LogP contribution in [0.4, 0.5) is 0 Å². The summed E-state index contributed by atoms with van der Waals surface area (Å²) in [6.45, 7) is 5.16. The van der Waals surface area contributed by atoms with Crippen molar-refractivity contribution in [3.8, 4) is 16.9 Å². The molecule has 0 aliphatic carbocycles. The molecule has 3 rings (SSSR count). The Labute approximate surface area is 150 Å². The van der Waals surface area contributed by atoms with Crippen molar-refractivity contribution in [1.82, 2.24) is 0 Å². The topological polar surface area (TPSA) is 65.7 Å². The molecule has 3 aromatic rings. The summed E-state index contributed by atoms with van der Waals surface area (Å²) in [6.07, 6.45) is 1.49. The highest BCUT2D eigenvalue weighted by atomic mass is 16.6. The van der Waals surface area contributed by atoms with E-state index < -0.39 is 11.6 Å². The van der Waals surface area contributed by atoms with Crippen LogP contribution in [0.2, 0.25) is 0 Å². The minimum absolute atomic E-state index is 0.133. The molecule has 0 atom stereocenters. The molecular formula is C21H18O5. The number of hydrogen-bond donors (Lipinski definition) is 0. The van der Waals surface area contributed by atoms with Crippen LogP contribution in [0.15, 0.2) is 70.4 Å². The quantitative estimate of drug-likeness (QED) is 0.383. The molecule has 2 aromatic carbocycles. The highest BCUT2D eigenvalue weighted by Crippen LogP contribution is 2.32. The third-order valence-electron chi connectivity index (χ3n) is 3.90. The van der Waals surface area contributed by atoms with Gasteiger partial charge < -0.3 is 13.9 Å². The molecule has 132 valence electrons. The first-order valence-electron chi connectivity index (χ1n) is 8.12. The van der Waals surface area contributed by atoms with Gasteiger partial charge in [-0.3, -0.25) is 0 Å². The fraction of sp³-hybridized carbons (Fsp3) is 0.143. The van der Waals surface area contributed by atoms with Gasteiger partial charge in [0, 0.05) is 17.0 Å². The SMILES string of the molecule is C=CCOC(=O)COc1ccc2c(-c3ccccc3)cc(=O)oc2c1C. The van der Waals surface area contributed by atoms with Crippen LogP contribution in [0.5, 0.6) is 5.75 Å². The third-order valence-corrected chi connectivity index (χ3v) is 3.90. The fourth-order valence-corrected chi connectivity index (χ4v) is 2.69. The van der Waals surface area contributed by atoms with Crippen LogP contribution in [0.25, 0.3) is 22.1 Å². The van der Waals surface area contributed by atoms with Crippen molar-refractivity contribution in [2.75, 3.05) is 13.2 Å². The van der Waals surface area contributed by atoms with Crippen molar-refractivity contribution in [3.05, 3.63) is 77.2 Å². The summed E-state index contributed by atoms with van der Waals surface area (Å²) in [7, 11) is 0. The maximum atomic E-state index is 12.0. The Hall–Kier alpha value is -3.34. The van der Waals surface area contributed by atoms with E-state index in [4.69, 9.17) is 13.9 Å². The zero-order valence-electron chi connectivity index (χ0n) is 14.4. The zero-order chi connectivity index (χ0) is 18.5. The number of rotatable bonds is 6. The van der Waals surface area contributed by atoms with Crippen molar-refractivity contribution in [2.45, 2.75) is 6.92 Å². The lowest BCUT2D eigenvalue weighted by Crippen LogP contribution is -2.15. The smallest absolute Gasteiger partial charge is 0.344 e. The van der Waals surface area contributed by atoms with E-state index in [1.165, 1.54) is 12.1 Å². The summed E-state index contributed by atoms with van der Waals surface area (Å²) < 4.78 is 15.8. The third kappa shape index (κ3) is 3.67. The first-order chi connectivity index (χ1) is 12.6. The van der Waals surface area contributed by atoms with E-state index in [-0.39, 0.29) is 13.2 Å². The molecule has 0 radical (unpaired) electrons. The van der Waals surface area contributed by atoms with Gasteiger partial charge in [-0.05, 0) is 30.2 Å². The molecule has 5 nitrogen and oxygen atoms in total. The number of aryl methyl sites for hydroxylation is 1. The second kappa shape index (κ2) is 7.70. The van der Waals surface area contributed by atoms with Crippen LogP contribution in [-0.4, -0.2) is 19.2 Å². The molecule has 1 aromatic heterocycles. The van der Waals surface area contributed by atoms with Crippen molar-refractivity contribution >= 4 is 16.9 Å². The Kier molecular flexibility index (Phi) is 5.17. The fourth-order valence-electron chi connectivity index (χ4n) is 2.69. The second-order valence-corrected chi connectivity index (χ2v) is 5.67. The molecule has 0 aliphatic heterocycles. The Morgan fingerprint density at radius 1 is 1.19 bits per heavy atom. The average Bonchev–Trinajstić information content (AvgIpc) is 2.66. The van der Waals surface area contributed by atoms with Crippen LogP contribution in [0.1, 0.15) is 5.56 Å². The molecular weight excluding hydrogens is 332 g/mol. The molecule has 0 fully saturated rings. The van der Waals surface area contributed by atoms with Crippen LogP contribution in [0, 0.1) is 6.92 Å². The van der Waals surface area contributed by atoms with Gasteiger partial charge >= 0.3 is 11.6 Å². The summed E-state index contributed by atoms with van der Waals surface area (Å²) in [4.78, 5) is 23.6. The average molecular weight is 350 g/mol. The molecule has 26 heavy (non-hydrogen) atoms. The molecule has 0 aliphatic rings. The summed E-state index contributed by atoms with van der Waals surface area (Å²) in [6, 6.07) is 14.7. The lowest BCUT2D eigenvalue weighted by atomic mass is 10.0. The maximum absolute atomic E-state index is 12.0. The van der Waals surface area contributed by atoms with E-state index in [1.54, 1.807) is 13.0 Å². The van der Waals surface area contributed by atoms with Gasteiger partial charge in [-0.25, -0.2) is 9.59 Å². The highest BCUT2D eigenvalue weighted by molar-refractivity contribution is 5.95. The van der Waals surface area contributed by atoms with E-state index in [2.05, 4.69) is 6.58 Å². The lowest BCUT2D eigenvalue weighted by molar-refractivity contribution is -0.144. The molecule has 0 unspecified atom stereocenters. The highest BCUT2D eigenvalue weighted by Gasteiger charge is 2.14. The van der Waals surface area contributed by atoms with Gasteiger partial charge in [-0.2, -0.15) is 0 Å². The van der Waals surface area contributed by atoms with Gasteiger partial charge in [0.2, 0.25) is 0 Å². The number of carbonyl (C=O) groups excluding carboxylic acids is 1. The van der Waals surface area contributed by atoms with Crippen molar-refractivity contribution in [3.63, 3.8) is 0 Å².